The Labute approximate surface area is 165 Å². The lowest BCUT2D eigenvalue weighted by atomic mass is 10.1. The number of benzene rings is 2. The van der Waals surface area contributed by atoms with Gasteiger partial charge in [0.05, 0.1) is 17.2 Å². The summed E-state index contributed by atoms with van der Waals surface area (Å²) in [5.74, 6) is -1.53. The maximum Gasteiger partial charge on any atom is 0.252 e. The molecule has 1 fully saturated rings. The number of carbonyl (C=O) groups excluding carboxylic acids is 1. The maximum atomic E-state index is 14.0. The van der Waals surface area contributed by atoms with Crippen LogP contribution in [0.4, 0.5) is 8.78 Å². The van der Waals surface area contributed by atoms with Crippen molar-refractivity contribution in [1.29, 1.82) is 0 Å². The Kier molecular flexibility index (Phi) is 5.54. The van der Waals surface area contributed by atoms with Crippen LogP contribution in [0.3, 0.4) is 0 Å². The molecule has 1 aliphatic rings. The second-order valence-corrected chi connectivity index (χ2v) is 7.61. The smallest absolute Gasteiger partial charge is 0.252 e. The molecule has 28 heavy (non-hydrogen) atoms. The van der Waals surface area contributed by atoms with Gasteiger partial charge in [0, 0.05) is 29.5 Å². The van der Waals surface area contributed by atoms with Crippen LogP contribution in [0.15, 0.2) is 58.5 Å². The highest BCUT2D eigenvalue weighted by atomic mass is 32.2. The van der Waals surface area contributed by atoms with Crippen molar-refractivity contribution in [3.8, 4) is 0 Å². The summed E-state index contributed by atoms with van der Waals surface area (Å²) in [5, 5.41) is 4.10. The summed E-state index contributed by atoms with van der Waals surface area (Å²) in [6.45, 7) is 1.17. The Hall–Kier alpha value is -2.51. The molecular weight excluding hydrogens is 382 g/mol. The number of para-hydroxylation sites is 1. The highest BCUT2D eigenvalue weighted by Crippen LogP contribution is 2.31. The normalized spacial score (nSPS) is 16.4. The van der Waals surface area contributed by atoms with E-state index >= 15 is 0 Å². The molecule has 144 valence electrons. The fraction of sp³-hybridized carbons (Fsp3) is 0.238. The molecule has 1 amide bonds. The van der Waals surface area contributed by atoms with E-state index in [0.29, 0.717) is 22.7 Å². The van der Waals surface area contributed by atoms with E-state index in [1.165, 1.54) is 12.1 Å². The molecule has 1 aliphatic heterocycles. The van der Waals surface area contributed by atoms with Gasteiger partial charge in [0.1, 0.15) is 16.7 Å². The summed E-state index contributed by atoms with van der Waals surface area (Å²) in [6, 6.07) is 12.3. The average molecular weight is 400 g/mol. The van der Waals surface area contributed by atoms with Gasteiger partial charge >= 0.3 is 0 Å². The van der Waals surface area contributed by atoms with E-state index in [0.717, 1.165) is 42.7 Å². The minimum atomic E-state index is -0.663. The topological polar surface area (TPSA) is 51.2 Å². The van der Waals surface area contributed by atoms with Crippen LogP contribution in [-0.4, -0.2) is 30.1 Å². The van der Waals surface area contributed by atoms with Gasteiger partial charge in [0.15, 0.2) is 0 Å². The Morgan fingerprint density at radius 2 is 2.07 bits per heavy atom. The average Bonchev–Trinajstić information content (AvgIpc) is 3.21. The lowest BCUT2D eigenvalue weighted by Gasteiger charge is -2.13. The molecule has 1 atom stereocenters. The summed E-state index contributed by atoms with van der Waals surface area (Å²) in [6.07, 6.45) is 1.98. The highest BCUT2D eigenvalue weighted by molar-refractivity contribution is 7.99. The first-order valence-corrected chi connectivity index (χ1v) is 9.84. The van der Waals surface area contributed by atoms with Gasteiger partial charge in [-0.15, -0.1) is 0 Å². The van der Waals surface area contributed by atoms with E-state index in [2.05, 4.69) is 10.3 Å². The van der Waals surface area contributed by atoms with E-state index in [1.54, 1.807) is 12.1 Å². The molecule has 0 spiro atoms. The van der Waals surface area contributed by atoms with Crippen molar-refractivity contribution in [3.05, 3.63) is 65.7 Å². The number of hydrogen-bond donors (Lipinski definition) is 1. The molecule has 1 unspecified atom stereocenters. The first kappa shape index (κ1) is 18.8. The number of ether oxygens (including phenoxy) is 1. The number of rotatable bonds is 5. The van der Waals surface area contributed by atoms with Crippen molar-refractivity contribution in [2.45, 2.75) is 28.9 Å². The molecule has 1 N–H and O–H groups in total. The van der Waals surface area contributed by atoms with Gasteiger partial charge in [0.2, 0.25) is 0 Å². The van der Waals surface area contributed by atoms with Crippen LogP contribution in [0.2, 0.25) is 0 Å². The van der Waals surface area contributed by atoms with Gasteiger partial charge in [0.25, 0.3) is 5.91 Å². The number of halogens is 2. The Morgan fingerprint density at radius 1 is 1.21 bits per heavy atom. The molecular formula is C21H18F2N2O2S. The molecule has 7 heteroatoms. The van der Waals surface area contributed by atoms with E-state index < -0.39 is 11.6 Å². The second kappa shape index (κ2) is 8.24. The SMILES string of the molecule is O=C(NCC1CCCO1)c1cc(Sc2ccc(F)cc2F)nc2ccccc12. The van der Waals surface area contributed by atoms with Crippen LogP contribution in [0, 0.1) is 11.6 Å². The Balaban J connectivity index is 1.63. The predicted octanol–water partition coefficient (Wildman–Crippen LogP) is 4.57. The third kappa shape index (κ3) is 4.15. The number of nitrogens with zero attached hydrogens (tertiary/aromatic N) is 1. The van der Waals surface area contributed by atoms with Gasteiger partial charge in [-0.05, 0) is 37.1 Å². The van der Waals surface area contributed by atoms with Crippen molar-refractivity contribution in [3.63, 3.8) is 0 Å². The largest absolute Gasteiger partial charge is 0.376 e. The molecule has 4 rings (SSSR count). The number of nitrogens with one attached hydrogen (secondary N) is 1. The summed E-state index contributed by atoms with van der Waals surface area (Å²) < 4.78 is 32.7. The van der Waals surface area contributed by atoms with Crippen LogP contribution >= 0.6 is 11.8 Å². The second-order valence-electron chi connectivity index (χ2n) is 6.55. The Morgan fingerprint density at radius 3 is 2.86 bits per heavy atom. The van der Waals surface area contributed by atoms with E-state index in [-0.39, 0.29) is 16.9 Å². The first-order chi connectivity index (χ1) is 13.6. The molecule has 0 radical (unpaired) electrons. The van der Waals surface area contributed by atoms with Gasteiger partial charge in [-0.3, -0.25) is 4.79 Å². The predicted molar refractivity (Wildman–Crippen MR) is 104 cm³/mol. The monoisotopic (exact) mass is 400 g/mol. The third-order valence-corrected chi connectivity index (χ3v) is 5.53. The molecule has 0 bridgehead atoms. The van der Waals surface area contributed by atoms with E-state index in [4.69, 9.17) is 4.74 Å². The number of fused-ring (bicyclic) bond motifs is 1. The lowest BCUT2D eigenvalue weighted by Crippen LogP contribution is -2.31. The molecule has 4 nitrogen and oxygen atoms in total. The fourth-order valence-corrected chi connectivity index (χ4v) is 4.01. The molecule has 1 saturated heterocycles. The number of hydrogen-bond acceptors (Lipinski definition) is 4. The minimum Gasteiger partial charge on any atom is -0.376 e. The van der Waals surface area contributed by atoms with Crippen molar-refractivity contribution in [2.75, 3.05) is 13.2 Å². The number of amides is 1. The highest BCUT2D eigenvalue weighted by Gasteiger charge is 2.19. The lowest BCUT2D eigenvalue weighted by molar-refractivity contribution is 0.0859. The van der Waals surface area contributed by atoms with Gasteiger partial charge in [-0.25, -0.2) is 13.8 Å². The van der Waals surface area contributed by atoms with Crippen LogP contribution < -0.4 is 5.32 Å². The first-order valence-electron chi connectivity index (χ1n) is 9.02. The summed E-state index contributed by atoms with van der Waals surface area (Å²) in [4.78, 5) is 17.6. The van der Waals surface area contributed by atoms with Gasteiger partial charge in [-0.2, -0.15) is 0 Å². The molecule has 0 aliphatic carbocycles. The minimum absolute atomic E-state index is 0.0409. The third-order valence-electron chi connectivity index (χ3n) is 4.56. The fourth-order valence-electron chi connectivity index (χ4n) is 3.17. The van der Waals surface area contributed by atoms with Crippen molar-refractivity contribution in [1.82, 2.24) is 10.3 Å². The van der Waals surface area contributed by atoms with Crippen LogP contribution in [0.1, 0.15) is 23.2 Å². The standard InChI is InChI=1S/C21H18F2N2O2S/c22-13-7-8-19(17(23)10-13)28-20-11-16(15-5-1-2-6-18(15)25-20)21(26)24-12-14-4-3-9-27-14/h1-2,5-8,10-11,14H,3-4,9,12H2,(H,24,26). The molecule has 0 saturated carbocycles. The number of carbonyl (C=O) groups is 1. The summed E-state index contributed by atoms with van der Waals surface area (Å²) in [5.41, 5.74) is 1.10. The Bertz CT molecular complexity index is 1020. The molecule has 1 aromatic heterocycles. The summed E-state index contributed by atoms with van der Waals surface area (Å²) in [7, 11) is 0. The van der Waals surface area contributed by atoms with Crippen molar-refractivity contribution < 1.29 is 18.3 Å². The van der Waals surface area contributed by atoms with Gasteiger partial charge in [-0.1, -0.05) is 30.0 Å². The van der Waals surface area contributed by atoms with Crippen LogP contribution in [0.25, 0.3) is 10.9 Å². The van der Waals surface area contributed by atoms with Crippen LogP contribution in [-0.2, 0) is 4.74 Å². The molecule has 2 heterocycles. The summed E-state index contributed by atoms with van der Waals surface area (Å²) >= 11 is 1.06. The zero-order chi connectivity index (χ0) is 19.5. The number of pyridine rings is 1. The van der Waals surface area contributed by atoms with E-state index in [9.17, 15) is 13.6 Å². The van der Waals surface area contributed by atoms with Crippen molar-refractivity contribution in [2.24, 2.45) is 0 Å². The maximum absolute atomic E-state index is 14.0. The zero-order valence-electron chi connectivity index (χ0n) is 15.0. The van der Waals surface area contributed by atoms with Crippen LogP contribution in [0.5, 0.6) is 0 Å². The number of aromatic nitrogens is 1. The molecule has 3 aromatic rings. The molecule has 2 aromatic carbocycles. The zero-order valence-corrected chi connectivity index (χ0v) is 15.8. The van der Waals surface area contributed by atoms with Crippen molar-refractivity contribution >= 4 is 28.6 Å². The quantitative estimate of drug-likeness (QED) is 0.682. The van der Waals surface area contributed by atoms with Gasteiger partial charge < -0.3 is 10.1 Å². The van der Waals surface area contributed by atoms with E-state index in [1.807, 2.05) is 18.2 Å².